The fourth-order valence-electron chi connectivity index (χ4n) is 6.28. The van der Waals surface area contributed by atoms with Gasteiger partial charge in [-0.25, -0.2) is 4.39 Å². The number of aromatic nitrogens is 2. The topological polar surface area (TPSA) is 59.4 Å². The van der Waals surface area contributed by atoms with E-state index in [-0.39, 0.29) is 29.8 Å². The first kappa shape index (κ1) is 22.7. The summed E-state index contributed by atoms with van der Waals surface area (Å²) in [5.74, 6) is -0.288. The maximum atomic E-state index is 13.5. The number of piperidine rings is 1. The van der Waals surface area contributed by atoms with Crippen molar-refractivity contribution in [2.75, 3.05) is 13.2 Å². The van der Waals surface area contributed by atoms with E-state index in [1.165, 1.54) is 31.4 Å². The van der Waals surface area contributed by atoms with Gasteiger partial charge in [0.1, 0.15) is 5.82 Å². The molecule has 35 heavy (non-hydrogen) atoms. The molecule has 3 aliphatic rings. The summed E-state index contributed by atoms with van der Waals surface area (Å²) < 4.78 is 21.3. The van der Waals surface area contributed by atoms with E-state index in [0.717, 1.165) is 48.7 Å². The van der Waals surface area contributed by atoms with Gasteiger partial charge in [0.05, 0.1) is 24.8 Å². The van der Waals surface area contributed by atoms with Crippen LogP contribution in [0.2, 0.25) is 0 Å². The summed E-state index contributed by atoms with van der Waals surface area (Å²) in [5, 5.41) is 9.12. The summed E-state index contributed by atoms with van der Waals surface area (Å²) in [6.45, 7) is 2.09. The quantitative estimate of drug-likeness (QED) is 0.572. The van der Waals surface area contributed by atoms with Gasteiger partial charge in [0.25, 0.3) is 5.91 Å². The fraction of sp³-hybridized carbons (Fsp3) is 0.500. The van der Waals surface area contributed by atoms with Crippen LogP contribution in [0.15, 0.2) is 48.5 Å². The molecule has 2 aliphatic heterocycles. The number of nitrogens with one attached hydrogen (secondary N) is 1. The molecule has 1 amide bonds. The Morgan fingerprint density at radius 1 is 0.971 bits per heavy atom. The van der Waals surface area contributed by atoms with Crippen LogP contribution in [0.5, 0.6) is 0 Å². The molecule has 0 radical (unpaired) electrons. The second-order valence-electron chi connectivity index (χ2n) is 10.4. The van der Waals surface area contributed by atoms with E-state index in [0.29, 0.717) is 24.9 Å². The lowest BCUT2D eigenvalue weighted by Crippen LogP contribution is -2.60. The van der Waals surface area contributed by atoms with Gasteiger partial charge in [0.15, 0.2) is 5.69 Å². The summed E-state index contributed by atoms with van der Waals surface area (Å²) in [6, 6.07) is 15.8. The van der Waals surface area contributed by atoms with E-state index >= 15 is 0 Å². The number of rotatable bonds is 5. The Hall–Kier alpha value is -2.77. The number of fused-ring (bicyclic) bond motifs is 3. The average Bonchev–Trinajstić information content (AvgIpc) is 3.26. The Morgan fingerprint density at radius 2 is 1.69 bits per heavy atom. The van der Waals surface area contributed by atoms with Gasteiger partial charge < -0.3 is 10.1 Å². The summed E-state index contributed by atoms with van der Waals surface area (Å²) in [5.41, 5.74) is 2.70. The molecule has 6 nitrogen and oxygen atoms in total. The molecule has 0 spiro atoms. The molecule has 6 rings (SSSR count). The molecule has 3 fully saturated rings. The van der Waals surface area contributed by atoms with Crippen LogP contribution in [0, 0.1) is 5.82 Å². The van der Waals surface area contributed by atoms with Crippen molar-refractivity contribution in [2.24, 2.45) is 0 Å². The highest BCUT2D eigenvalue weighted by Gasteiger charge is 2.39. The van der Waals surface area contributed by atoms with Crippen LogP contribution in [-0.2, 0) is 11.3 Å². The standard InChI is InChI=1S/C28H33FN4O2/c29-20-12-10-19(11-13-20)16-32-23-14-21(15-24(32)18-35-17-23)30-28(34)27-25-8-4-5-9-26(25)33(31-27)22-6-2-1-3-7-22/h4-5,8-13,21-24H,1-3,6-7,14-18H2,(H,30,34)/t21-,23-,24+. The number of hydrogen-bond donors (Lipinski definition) is 1. The Labute approximate surface area is 205 Å². The van der Waals surface area contributed by atoms with E-state index in [1.807, 2.05) is 30.3 Å². The molecule has 2 saturated heterocycles. The lowest BCUT2D eigenvalue weighted by molar-refractivity contribution is -0.0843. The first-order valence-corrected chi connectivity index (χ1v) is 13.0. The number of amides is 1. The highest BCUT2D eigenvalue weighted by Crippen LogP contribution is 2.33. The van der Waals surface area contributed by atoms with E-state index in [4.69, 9.17) is 9.84 Å². The number of halogens is 1. The van der Waals surface area contributed by atoms with Gasteiger partial charge in [0.2, 0.25) is 0 Å². The third kappa shape index (κ3) is 4.59. The lowest BCUT2D eigenvalue weighted by atomic mass is 9.89. The van der Waals surface area contributed by atoms with Crippen LogP contribution < -0.4 is 5.32 Å². The SMILES string of the molecule is O=C(N[C@H]1C[C@H]2COC[C@@H](C1)N2Cc1ccc(F)cc1)c1nn(C2CCCCC2)c2ccccc12. The highest BCUT2D eigenvalue weighted by atomic mass is 19.1. The molecule has 1 aromatic heterocycles. The normalized spacial score (nSPS) is 25.6. The molecule has 1 aliphatic carbocycles. The van der Waals surface area contributed by atoms with Crippen LogP contribution in [0.1, 0.15) is 67.0 Å². The summed E-state index contributed by atoms with van der Waals surface area (Å²) in [4.78, 5) is 15.9. The molecule has 3 atom stereocenters. The molecule has 1 saturated carbocycles. The molecular formula is C28H33FN4O2. The van der Waals surface area contributed by atoms with Gasteiger partial charge in [-0.05, 0) is 49.4 Å². The Morgan fingerprint density at radius 3 is 2.43 bits per heavy atom. The number of ether oxygens (including phenoxy) is 1. The Balaban J connectivity index is 1.18. The number of nitrogens with zero attached hydrogens (tertiary/aromatic N) is 3. The van der Waals surface area contributed by atoms with Gasteiger partial charge in [-0.2, -0.15) is 5.10 Å². The zero-order valence-electron chi connectivity index (χ0n) is 20.0. The van der Waals surface area contributed by atoms with Crippen molar-refractivity contribution in [1.29, 1.82) is 0 Å². The molecule has 184 valence electrons. The van der Waals surface area contributed by atoms with Gasteiger partial charge in [-0.15, -0.1) is 0 Å². The predicted molar refractivity (Wildman–Crippen MR) is 133 cm³/mol. The van der Waals surface area contributed by atoms with Crippen LogP contribution >= 0.6 is 0 Å². The van der Waals surface area contributed by atoms with Crippen molar-refractivity contribution >= 4 is 16.8 Å². The van der Waals surface area contributed by atoms with Crippen molar-refractivity contribution in [2.45, 2.75) is 75.7 Å². The molecule has 2 aromatic carbocycles. The molecular weight excluding hydrogens is 443 g/mol. The highest BCUT2D eigenvalue weighted by molar-refractivity contribution is 6.05. The van der Waals surface area contributed by atoms with Crippen LogP contribution in [0.3, 0.4) is 0 Å². The number of morpholine rings is 1. The van der Waals surface area contributed by atoms with Gasteiger partial charge in [-0.1, -0.05) is 49.6 Å². The average molecular weight is 477 g/mol. The lowest BCUT2D eigenvalue weighted by Gasteiger charge is -2.48. The van der Waals surface area contributed by atoms with E-state index in [2.05, 4.69) is 21.0 Å². The minimum absolute atomic E-state index is 0.0771. The van der Waals surface area contributed by atoms with Gasteiger partial charge in [-0.3, -0.25) is 14.4 Å². The zero-order chi connectivity index (χ0) is 23.8. The van der Waals surface area contributed by atoms with Crippen molar-refractivity contribution < 1.29 is 13.9 Å². The number of carbonyl (C=O) groups excluding carboxylic acids is 1. The van der Waals surface area contributed by atoms with Crippen molar-refractivity contribution in [3.05, 3.63) is 65.6 Å². The van der Waals surface area contributed by atoms with Crippen molar-refractivity contribution in [1.82, 2.24) is 20.0 Å². The summed E-state index contributed by atoms with van der Waals surface area (Å²) >= 11 is 0. The monoisotopic (exact) mass is 476 g/mol. The third-order valence-electron chi connectivity index (χ3n) is 8.03. The Kier molecular flexibility index (Phi) is 6.29. The van der Waals surface area contributed by atoms with Crippen LogP contribution in [0.4, 0.5) is 4.39 Å². The first-order valence-electron chi connectivity index (χ1n) is 13.0. The van der Waals surface area contributed by atoms with E-state index < -0.39 is 0 Å². The molecule has 1 N–H and O–H groups in total. The maximum Gasteiger partial charge on any atom is 0.272 e. The zero-order valence-corrected chi connectivity index (χ0v) is 20.0. The van der Waals surface area contributed by atoms with E-state index in [9.17, 15) is 9.18 Å². The van der Waals surface area contributed by atoms with Crippen LogP contribution in [-0.4, -0.2) is 51.9 Å². The molecule has 2 bridgehead atoms. The van der Waals surface area contributed by atoms with Crippen molar-refractivity contribution in [3.63, 3.8) is 0 Å². The second kappa shape index (κ2) is 9.70. The largest absolute Gasteiger partial charge is 0.378 e. The van der Waals surface area contributed by atoms with Crippen molar-refractivity contribution in [3.8, 4) is 0 Å². The van der Waals surface area contributed by atoms with Gasteiger partial charge in [0, 0.05) is 30.1 Å². The molecule has 0 unspecified atom stereocenters. The van der Waals surface area contributed by atoms with E-state index in [1.54, 1.807) is 0 Å². The summed E-state index contributed by atoms with van der Waals surface area (Å²) in [6.07, 6.45) is 7.67. The number of benzene rings is 2. The predicted octanol–water partition coefficient (Wildman–Crippen LogP) is 4.84. The fourth-order valence-corrected chi connectivity index (χ4v) is 6.28. The smallest absolute Gasteiger partial charge is 0.272 e. The third-order valence-corrected chi connectivity index (χ3v) is 8.03. The molecule has 3 heterocycles. The van der Waals surface area contributed by atoms with Gasteiger partial charge >= 0.3 is 0 Å². The number of hydrogen-bond acceptors (Lipinski definition) is 4. The summed E-state index contributed by atoms with van der Waals surface area (Å²) in [7, 11) is 0. The number of carbonyl (C=O) groups is 1. The Bertz CT molecular complexity index is 1170. The maximum absolute atomic E-state index is 13.5. The number of para-hydroxylation sites is 1. The molecule has 7 heteroatoms. The minimum Gasteiger partial charge on any atom is -0.378 e. The molecule has 3 aromatic rings. The minimum atomic E-state index is -0.211. The first-order chi connectivity index (χ1) is 17.2. The van der Waals surface area contributed by atoms with Crippen LogP contribution in [0.25, 0.3) is 10.9 Å². The second-order valence-corrected chi connectivity index (χ2v) is 10.4.